The molecule has 0 radical (unpaired) electrons. The highest BCUT2D eigenvalue weighted by atomic mass is 35.5. The summed E-state index contributed by atoms with van der Waals surface area (Å²) in [5.74, 6) is 2.27. The summed E-state index contributed by atoms with van der Waals surface area (Å²) in [4.78, 5) is 2.71. The number of fused-ring (bicyclic) bond motifs is 1. The van der Waals surface area contributed by atoms with Crippen LogP contribution in [0.4, 0.5) is 0 Å². The number of hydrogen-bond donors (Lipinski definition) is 1. The standard InChI is InChI=1S/C17H18ClNS2/c18-13-6-7-17-15(12-13)16(8-10-21-17)19-9-11-20-14-4-2-1-3-5-14/h1-7,12,16,19H,8-11H2. The van der Waals surface area contributed by atoms with Gasteiger partial charge in [0.05, 0.1) is 0 Å². The number of thioether (sulfide) groups is 2. The molecule has 0 fully saturated rings. The predicted molar refractivity (Wildman–Crippen MR) is 94.7 cm³/mol. The summed E-state index contributed by atoms with van der Waals surface area (Å²) in [5, 5.41) is 4.52. The first kappa shape index (κ1) is 15.3. The van der Waals surface area contributed by atoms with Gasteiger partial charge in [-0.2, -0.15) is 0 Å². The van der Waals surface area contributed by atoms with E-state index in [0.29, 0.717) is 6.04 Å². The SMILES string of the molecule is Clc1ccc2c(c1)C(NCCSc1ccccc1)CCS2. The van der Waals surface area contributed by atoms with E-state index >= 15 is 0 Å². The van der Waals surface area contributed by atoms with Gasteiger partial charge in [0.15, 0.2) is 0 Å². The lowest BCUT2D eigenvalue weighted by molar-refractivity contribution is 0.530. The molecule has 1 atom stereocenters. The molecule has 4 heteroatoms. The zero-order valence-corrected chi connectivity index (χ0v) is 14.1. The van der Waals surface area contributed by atoms with E-state index in [0.717, 1.165) is 17.3 Å². The van der Waals surface area contributed by atoms with Crippen molar-refractivity contribution >= 4 is 35.1 Å². The molecule has 21 heavy (non-hydrogen) atoms. The van der Waals surface area contributed by atoms with Crippen LogP contribution in [0.25, 0.3) is 0 Å². The highest BCUT2D eigenvalue weighted by Gasteiger charge is 2.20. The highest BCUT2D eigenvalue weighted by Crippen LogP contribution is 2.37. The van der Waals surface area contributed by atoms with Crippen molar-refractivity contribution < 1.29 is 0 Å². The zero-order chi connectivity index (χ0) is 14.5. The number of benzene rings is 2. The number of nitrogens with one attached hydrogen (secondary N) is 1. The molecule has 0 saturated carbocycles. The molecule has 1 heterocycles. The molecular weight excluding hydrogens is 318 g/mol. The number of halogens is 1. The summed E-state index contributed by atoms with van der Waals surface area (Å²) < 4.78 is 0. The van der Waals surface area contributed by atoms with Crippen LogP contribution in [0.15, 0.2) is 58.3 Å². The summed E-state index contributed by atoms with van der Waals surface area (Å²) in [5.41, 5.74) is 1.36. The molecule has 1 aliphatic rings. The maximum absolute atomic E-state index is 6.14. The van der Waals surface area contributed by atoms with Crippen LogP contribution in [0, 0.1) is 0 Å². The minimum Gasteiger partial charge on any atom is -0.309 e. The third kappa shape index (κ3) is 4.19. The van der Waals surface area contributed by atoms with Crippen LogP contribution in [0.1, 0.15) is 18.0 Å². The molecule has 0 aliphatic carbocycles. The summed E-state index contributed by atoms with van der Waals surface area (Å²) in [6, 6.07) is 17.3. The van der Waals surface area contributed by atoms with Crippen molar-refractivity contribution in [3.63, 3.8) is 0 Å². The van der Waals surface area contributed by atoms with Crippen molar-refractivity contribution in [3.8, 4) is 0 Å². The van der Waals surface area contributed by atoms with Gasteiger partial charge < -0.3 is 5.32 Å². The summed E-state index contributed by atoms with van der Waals surface area (Å²) in [6.45, 7) is 1.01. The summed E-state index contributed by atoms with van der Waals surface area (Å²) >= 11 is 9.98. The maximum atomic E-state index is 6.14. The molecule has 0 spiro atoms. The van der Waals surface area contributed by atoms with Gasteiger partial charge in [-0.05, 0) is 48.1 Å². The third-order valence-electron chi connectivity index (χ3n) is 3.52. The van der Waals surface area contributed by atoms with E-state index in [9.17, 15) is 0 Å². The van der Waals surface area contributed by atoms with Crippen LogP contribution < -0.4 is 5.32 Å². The van der Waals surface area contributed by atoms with E-state index < -0.39 is 0 Å². The molecule has 1 N–H and O–H groups in total. The van der Waals surface area contributed by atoms with Gasteiger partial charge in [-0.15, -0.1) is 23.5 Å². The Morgan fingerprint density at radius 1 is 1.19 bits per heavy atom. The number of rotatable bonds is 5. The van der Waals surface area contributed by atoms with E-state index in [4.69, 9.17) is 11.6 Å². The quantitative estimate of drug-likeness (QED) is 0.591. The first-order valence-electron chi connectivity index (χ1n) is 7.16. The smallest absolute Gasteiger partial charge is 0.0410 e. The van der Waals surface area contributed by atoms with E-state index in [-0.39, 0.29) is 0 Å². The van der Waals surface area contributed by atoms with Crippen molar-refractivity contribution in [1.82, 2.24) is 5.32 Å². The van der Waals surface area contributed by atoms with Crippen molar-refractivity contribution in [3.05, 3.63) is 59.1 Å². The third-order valence-corrected chi connectivity index (χ3v) is 5.89. The Morgan fingerprint density at radius 3 is 2.90 bits per heavy atom. The number of hydrogen-bond acceptors (Lipinski definition) is 3. The highest BCUT2D eigenvalue weighted by molar-refractivity contribution is 7.99. The Labute approximate surface area is 139 Å². The van der Waals surface area contributed by atoms with Crippen molar-refractivity contribution in [2.24, 2.45) is 0 Å². The van der Waals surface area contributed by atoms with Gasteiger partial charge in [0.25, 0.3) is 0 Å². The van der Waals surface area contributed by atoms with Crippen LogP contribution in [-0.2, 0) is 0 Å². The molecule has 0 aromatic heterocycles. The molecule has 2 aromatic carbocycles. The molecule has 1 unspecified atom stereocenters. The average Bonchev–Trinajstić information content (AvgIpc) is 2.53. The Morgan fingerprint density at radius 2 is 2.05 bits per heavy atom. The topological polar surface area (TPSA) is 12.0 Å². The van der Waals surface area contributed by atoms with Gasteiger partial charge in [0, 0.05) is 33.2 Å². The monoisotopic (exact) mass is 335 g/mol. The Balaban J connectivity index is 1.54. The van der Waals surface area contributed by atoms with Crippen molar-refractivity contribution in [1.29, 1.82) is 0 Å². The van der Waals surface area contributed by atoms with Crippen LogP contribution in [-0.4, -0.2) is 18.1 Å². The van der Waals surface area contributed by atoms with Crippen LogP contribution >= 0.6 is 35.1 Å². The van der Waals surface area contributed by atoms with Gasteiger partial charge >= 0.3 is 0 Å². The molecule has 1 nitrogen and oxygen atoms in total. The minimum absolute atomic E-state index is 0.441. The minimum atomic E-state index is 0.441. The lowest BCUT2D eigenvalue weighted by Gasteiger charge is -2.26. The summed E-state index contributed by atoms with van der Waals surface area (Å²) in [7, 11) is 0. The van der Waals surface area contributed by atoms with Crippen molar-refractivity contribution in [2.75, 3.05) is 18.1 Å². The van der Waals surface area contributed by atoms with Crippen LogP contribution in [0.2, 0.25) is 5.02 Å². The van der Waals surface area contributed by atoms with Gasteiger partial charge in [0.1, 0.15) is 0 Å². The molecule has 0 saturated heterocycles. The van der Waals surface area contributed by atoms with E-state index in [1.807, 2.05) is 29.6 Å². The fourth-order valence-corrected chi connectivity index (χ4v) is 4.59. The lowest BCUT2D eigenvalue weighted by atomic mass is 10.0. The first-order valence-corrected chi connectivity index (χ1v) is 9.51. The molecule has 1 aliphatic heterocycles. The van der Waals surface area contributed by atoms with Crippen LogP contribution in [0.3, 0.4) is 0 Å². The van der Waals surface area contributed by atoms with E-state index in [1.165, 1.54) is 27.5 Å². The van der Waals surface area contributed by atoms with E-state index in [1.54, 1.807) is 0 Å². The second-order valence-corrected chi connectivity index (χ2v) is 7.73. The average molecular weight is 336 g/mol. The maximum Gasteiger partial charge on any atom is 0.0410 e. The Kier molecular flexibility index (Phi) is 5.53. The zero-order valence-electron chi connectivity index (χ0n) is 11.7. The van der Waals surface area contributed by atoms with Gasteiger partial charge in [-0.3, -0.25) is 0 Å². The fraction of sp³-hybridized carbons (Fsp3) is 0.294. The molecule has 0 amide bonds. The normalized spacial score (nSPS) is 17.5. The second-order valence-electron chi connectivity index (χ2n) is 4.99. The predicted octanol–water partition coefficient (Wildman–Crippen LogP) is 5.26. The molecule has 110 valence electrons. The van der Waals surface area contributed by atoms with E-state index in [2.05, 4.69) is 47.8 Å². The molecular formula is C17H18ClNS2. The largest absolute Gasteiger partial charge is 0.309 e. The molecule has 0 bridgehead atoms. The van der Waals surface area contributed by atoms with Crippen molar-refractivity contribution in [2.45, 2.75) is 22.3 Å². The fourth-order valence-electron chi connectivity index (χ4n) is 2.50. The molecule has 2 aromatic rings. The second kappa shape index (κ2) is 7.59. The lowest BCUT2D eigenvalue weighted by Crippen LogP contribution is -2.26. The summed E-state index contributed by atoms with van der Waals surface area (Å²) in [6.07, 6.45) is 1.17. The van der Waals surface area contributed by atoms with Crippen LogP contribution in [0.5, 0.6) is 0 Å². The first-order chi connectivity index (χ1) is 10.3. The Hall–Kier alpha value is -0.610. The van der Waals surface area contributed by atoms with Gasteiger partial charge in [0.2, 0.25) is 0 Å². The van der Waals surface area contributed by atoms with Gasteiger partial charge in [-0.25, -0.2) is 0 Å². The Bertz CT molecular complexity index is 589. The molecule has 3 rings (SSSR count). The van der Waals surface area contributed by atoms with Gasteiger partial charge in [-0.1, -0.05) is 29.8 Å².